The lowest BCUT2D eigenvalue weighted by Crippen LogP contribution is -2.15. The van der Waals surface area contributed by atoms with Crippen molar-refractivity contribution in [3.05, 3.63) is 66.8 Å². The van der Waals surface area contributed by atoms with Crippen molar-refractivity contribution in [3.8, 4) is 0 Å². The molecule has 4 heteroatoms. The summed E-state index contributed by atoms with van der Waals surface area (Å²) in [7, 11) is 0. The Morgan fingerprint density at radius 3 is 2.57 bits per heavy atom. The number of carbonyl (C=O) groups is 1. The van der Waals surface area contributed by atoms with Gasteiger partial charge in [0, 0.05) is 17.6 Å². The third-order valence-electron chi connectivity index (χ3n) is 3.39. The highest BCUT2D eigenvalue weighted by molar-refractivity contribution is 5.84. The molecule has 3 N–H and O–H groups in total. The van der Waals surface area contributed by atoms with E-state index in [1.807, 2.05) is 24.3 Å². The molecule has 1 saturated carbocycles. The predicted octanol–water partition coefficient (Wildman–Crippen LogP) is 3.35. The average molecular weight is 284 g/mol. The number of allylic oxidation sites excluding steroid dienone is 2. The van der Waals surface area contributed by atoms with Crippen LogP contribution in [0.1, 0.15) is 17.9 Å². The minimum atomic E-state index is -0.498. The summed E-state index contributed by atoms with van der Waals surface area (Å²) in [5, 5.41) is 2.68. The van der Waals surface area contributed by atoms with Crippen molar-refractivity contribution in [2.45, 2.75) is 18.4 Å². The molecule has 0 aliphatic heterocycles. The number of nitrogens with one attached hydrogen (secondary N) is 1. The van der Waals surface area contributed by atoms with E-state index in [0.717, 1.165) is 12.0 Å². The maximum absolute atomic E-state index is 11.7. The van der Waals surface area contributed by atoms with Crippen molar-refractivity contribution < 1.29 is 9.53 Å². The predicted molar refractivity (Wildman–Crippen MR) is 85.2 cm³/mol. The van der Waals surface area contributed by atoms with Crippen molar-refractivity contribution >= 4 is 11.8 Å². The summed E-state index contributed by atoms with van der Waals surface area (Å²) in [6.07, 6.45) is 5.54. The minimum Gasteiger partial charge on any atom is -0.444 e. The molecule has 2 rings (SSSR count). The van der Waals surface area contributed by atoms with Crippen molar-refractivity contribution in [3.63, 3.8) is 0 Å². The number of carbonyl (C=O) groups excluding carboxylic acids is 1. The van der Waals surface area contributed by atoms with E-state index in [1.165, 1.54) is 5.56 Å². The smallest absolute Gasteiger partial charge is 0.411 e. The molecule has 0 saturated heterocycles. The Bertz CT molecular complexity index is 561. The monoisotopic (exact) mass is 284 g/mol. The molecule has 110 valence electrons. The molecular formula is C17H20N2O2. The Balaban J connectivity index is 1.83. The van der Waals surface area contributed by atoms with Crippen molar-refractivity contribution in [1.82, 2.24) is 0 Å². The Morgan fingerprint density at radius 2 is 2.05 bits per heavy atom. The van der Waals surface area contributed by atoms with Crippen molar-refractivity contribution in [2.75, 3.05) is 11.9 Å². The van der Waals surface area contributed by atoms with E-state index in [1.54, 1.807) is 18.2 Å². The highest BCUT2D eigenvalue weighted by atomic mass is 16.5. The summed E-state index contributed by atoms with van der Waals surface area (Å²) in [6.45, 7) is 7.39. The van der Waals surface area contributed by atoms with Gasteiger partial charge in [-0.2, -0.15) is 0 Å². The van der Waals surface area contributed by atoms with E-state index in [4.69, 9.17) is 10.5 Å². The number of rotatable bonds is 6. The summed E-state index contributed by atoms with van der Waals surface area (Å²) in [6, 6.07) is 7.97. The second-order valence-electron chi connectivity index (χ2n) is 5.01. The highest BCUT2D eigenvalue weighted by Crippen LogP contribution is 2.39. The van der Waals surface area contributed by atoms with Crippen LogP contribution in [0.15, 0.2) is 61.2 Å². The maximum Gasteiger partial charge on any atom is 0.411 e. The van der Waals surface area contributed by atoms with Gasteiger partial charge in [-0.1, -0.05) is 43.5 Å². The van der Waals surface area contributed by atoms with E-state index in [-0.39, 0.29) is 12.6 Å². The largest absolute Gasteiger partial charge is 0.444 e. The van der Waals surface area contributed by atoms with Gasteiger partial charge in [0.15, 0.2) is 0 Å². The zero-order valence-electron chi connectivity index (χ0n) is 11.9. The number of benzene rings is 1. The third kappa shape index (κ3) is 4.33. The molecule has 21 heavy (non-hydrogen) atoms. The van der Waals surface area contributed by atoms with Gasteiger partial charge in [0.1, 0.15) is 6.61 Å². The van der Waals surface area contributed by atoms with Crippen molar-refractivity contribution in [1.29, 1.82) is 0 Å². The Morgan fingerprint density at radius 1 is 1.38 bits per heavy atom. The standard InChI is InChI=1S/C17H20N2O2/c1-3-5-12(4-2)11-21-17(20)19-14-8-6-13(7-9-14)15-10-16(15)18/h3-9,15-16H,1-2,10-11,18H2,(H,19,20)/b12-5+. The van der Waals surface area contributed by atoms with Crippen LogP contribution < -0.4 is 11.1 Å². The second-order valence-corrected chi connectivity index (χ2v) is 5.01. The van der Waals surface area contributed by atoms with Gasteiger partial charge in [0.05, 0.1) is 0 Å². The molecule has 2 unspecified atom stereocenters. The average Bonchev–Trinajstić information content (AvgIpc) is 3.21. The zero-order chi connectivity index (χ0) is 15.2. The fraction of sp³-hybridized carbons (Fsp3) is 0.235. The molecule has 1 aromatic rings. The summed E-state index contributed by atoms with van der Waals surface area (Å²) in [5.74, 6) is 0.463. The van der Waals surface area contributed by atoms with Crippen LogP contribution in [0.25, 0.3) is 0 Å². The summed E-state index contributed by atoms with van der Waals surface area (Å²) in [4.78, 5) is 11.7. The van der Waals surface area contributed by atoms with Crippen LogP contribution in [0.2, 0.25) is 0 Å². The van der Waals surface area contributed by atoms with Gasteiger partial charge in [0.2, 0.25) is 0 Å². The number of ether oxygens (including phenoxy) is 1. The molecule has 1 amide bonds. The topological polar surface area (TPSA) is 64.3 Å². The molecule has 0 spiro atoms. The quantitative estimate of drug-likeness (QED) is 0.787. The fourth-order valence-corrected chi connectivity index (χ4v) is 2.04. The molecule has 0 bridgehead atoms. The van der Waals surface area contributed by atoms with Crippen LogP contribution >= 0.6 is 0 Å². The zero-order valence-corrected chi connectivity index (χ0v) is 11.9. The molecule has 0 heterocycles. The Hall–Kier alpha value is -2.33. The molecule has 2 atom stereocenters. The minimum absolute atomic E-state index is 0.163. The third-order valence-corrected chi connectivity index (χ3v) is 3.39. The number of anilines is 1. The number of hydrogen-bond donors (Lipinski definition) is 2. The van der Waals surface area contributed by atoms with E-state index >= 15 is 0 Å². The fourth-order valence-electron chi connectivity index (χ4n) is 2.04. The first-order chi connectivity index (χ1) is 10.1. The van der Waals surface area contributed by atoms with Crippen LogP contribution in [0.3, 0.4) is 0 Å². The molecule has 1 aliphatic carbocycles. The molecule has 1 aromatic carbocycles. The molecule has 1 fully saturated rings. The number of hydrogen-bond acceptors (Lipinski definition) is 3. The van der Waals surface area contributed by atoms with Gasteiger partial charge >= 0.3 is 6.09 Å². The summed E-state index contributed by atoms with van der Waals surface area (Å²) < 4.78 is 5.10. The first-order valence-corrected chi connectivity index (χ1v) is 6.87. The lowest BCUT2D eigenvalue weighted by molar-refractivity contribution is 0.172. The first kappa shape index (κ1) is 15.1. The van der Waals surface area contributed by atoms with Gasteiger partial charge < -0.3 is 10.5 Å². The van der Waals surface area contributed by atoms with E-state index in [0.29, 0.717) is 11.6 Å². The van der Waals surface area contributed by atoms with Gasteiger partial charge in [0.25, 0.3) is 0 Å². The van der Waals surface area contributed by atoms with Crippen LogP contribution in [-0.4, -0.2) is 18.7 Å². The lowest BCUT2D eigenvalue weighted by atomic mass is 10.1. The molecule has 1 aliphatic rings. The summed E-state index contributed by atoms with van der Waals surface area (Å²) >= 11 is 0. The Kier molecular flexibility index (Phi) is 4.95. The van der Waals surface area contributed by atoms with E-state index < -0.39 is 6.09 Å². The molecular weight excluding hydrogens is 264 g/mol. The van der Waals surface area contributed by atoms with Crippen LogP contribution in [0, 0.1) is 0 Å². The van der Waals surface area contributed by atoms with Gasteiger partial charge in [-0.25, -0.2) is 4.79 Å². The number of amides is 1. The second kappa shape index (κ2) is 6.90. The van der Waals surface area contributed by atoms with E-state index in [2.05, 4.69) is 18.5 Å². The molecule has 0 aromatic heterocycles. The lowest BCUT2D eigenvalue weighted by Gasteiger charge is -2.08. The SMILES string of the molecule is C=C/C=C(\C=C)COC(=O)Nc1ccc(C2CC2N)cc1. The number of nitrogens with two attached hydrogens (primary N) is 1. The van der Waals surface area contributed by atoms with Crippen molar-refractivity contribution in [2.24, 2.45) is 5.73 Å². The molecule has 4 nitrogen and oxygen atoms in total. The van der Waals surface area contributed by atoms with Gasteiger partial charge in [-0.05, 0) is 29.7 Å². The first-order valence-electron chi connectivity index (χ1n) is 6.87. The van der Waals surface area contributed by atoms with Gasteiger partial charge in [-0.3, -0.25) is 5.32 Å². The van der Waals surface area contributed by atoms with Crippen LogP contribution in [-0.2, 0) is 4.74 Å². The van der Waals surface area contributed by atoms with Gasteiger partial charge in [-0.15, -0.1) is 0 Å². The van der Waals surface area contributed by atoms with E-state index in [9.17, 15) is 4.79 Å². The summed E-state index contributed by atoms with van der Waals surface area (Å²) in [5.41, 5.74) is 8.51. The Labute approximate surface area is 125 Å². The maximum atomic E-state index is 11.7. The normalized spacial score (nSPS) is 20.5. The van der Waals surface area contributed by atoms with Crippen LogP contribution in [0.4, 0.5) is 10.5 Å². The van der Waals surface area contributed by atoms with Crippen LogP contribution in [0.5, 0.6) is 0 Å². The molecule has 0 radical (unpaired) electrons. The highest BCUT2D eigenvalue weighted by Gasteiger charge is 2.34.